The molecule has 0 aliphatic rings. The number of hydrogen-bond acceptors (Lipinski definition) is 5. The summed E-state index contributed by atoms with van der Waals surface area (Å²) >= 11 is 0. The van der Waals surface area contributed by atoms with Gasteiger partial charge < -0.3 is 30.5 Å². The molecule has 0 spiro atoms. The molecular weight excluding hydrogens is 282 g/mol. The predicted molar refractivity (Wildman–Crippen MR) is 74.0 cm³/mol. The molecule has 1 atom stereocenters. The van der Waals surface area contributed by atoms with Gasteiger partial charge in [-0.05, 0) is 0 Å². The summed E-state index contributed by atoms with van der Waals surface area (Å²) in [5.41, 5.74) is 0. The van der Waals surface area contributed by atoms with Gasteiger partial charge in [-0.2, -0.15) is 0 Å². The Balaban J connectivity index is 3.86. The van der Waals surface area contributed by atoms with E-state index >= 15 is 0 Å². The number of carboxylic acid groups (broad SMARTS) is 1. The SMILES string of the molecule is COCCNC(=O)CCNC(=O)NC(CCOC)C(=O)O. The average molecular weight is 305 g/mol. The van der Waals surface area contributed by atoms with Crippen LogP contribution in [0.15, 0.2) is 0 Å². The molecule has 122 valence electrons. The Morgan fingerprint density at radius 1 is 1.05 bits per heavy atom. The van der Waals surface area contributed by atoms with Crippen LogP contribution in [0.25, 0.3) is 0 Å². The predicted octanol–water partition coefficient (Wildman–Crippen LogP) is -1.07. The van der Waals surface area contributed by atoms with Crippen molar-refractivity contribution >= 4 is 17.9 Å². The van der Waals surface area contributed by atoms with E-state index in [-0.39, 0.29) is 31.9 Å². The highest BCUT2D eigenvalue weighted by Crippen LogP contribution is 1.93. The Morgan fingerprint density at radius 3 is 2.29 bits per heavy atom. The van der Waals surface area contributed by atoms with Crippen molar-refractivity contribution in [1.29, 1.82) is 0 Å². The quantitative estimate of drug-likeness (QED) is 0.360. The number of nitrogens with one attached hydrogen (secondary N) is 3. The molecule has 0 aromatic carbocycles. The molecule has 0 rings (SSSR count). The number of hydrogen-bond donors (Lipinski definition) is 4. The number of carboxylic acids is 1. The molecule has 3 amide bonds. The van der Waals surface area contributed by atoms with Crippen molar-refractivity contribution in [2.75, 3.05) is 40.5 Å². The molecule has 0 bridgehead atoms. The summed E-state index contributed by atoms with van der Waals surface area (Å²) < 4.78 is 9.54. The molecule has 21 heavy (non-hydrogen) atoms. The van der Waals surface area contributed by atoms with Crippen molar-refractivity contribution in [3.8, 4) is 0 Å². The van der Waals surface area contributed by atoms with Gasteiger partial charge in [0, 0.05) is 46.8 Å². The minimum atomic E-state index is -1.14. The molecule has 0 fully saturated rings. The second kappa shape index (κ2) is 11.9. The summed E-state index contributed by atoms with van der Waals surface area (Å²) in [6.07, 6.45) is 0.268. The lowest BCUT2D eigenvalue weighted by atomic mass is 10.2. The van der Waals surface area contributed by atoms with E-state index < -0.39 is 18.0 Å². The van der Waals surface area contributed by atoms with Gasteiger partial charge in [0.15, 0.2) is 0 Å². The number of ether oxygens (including phenoxy) is 2. The first-order chi connectivity index (χ1) is 10.0. The van der Waals surface area contributed by atoms with Gasteiger partial charge in [-0.3, -0.25) is 4.79 Å². The molecule has 0 saturated carbocycles. The highest BCUT2D eigenvalue weighted by atomic mass is 16.5. The molecule has 0 aliphatic carbocycles. The van der Waals surface area contributed by atoms with Gasteiger partial charge in [-0.25, -0.2) is 9.59 Å². The standard InChI is InChI=1S/C12H23N3O6/c1-20-7-4-9(11(17)18)15-12(19)14-5-3-10(16)13-6-8-21-2/h9H,3-8H2,1-2H3,(H,13,16)(H,17,18)(H2,14,15,19). The van der Waals surface area contributed by atoms with Crippen LogP contribution >= 0.6 is 0 Å². The van der Waals surface area contributed by atoms with Gasteiger partial charge in [0.25, 0.3) is 0 Å². The largest absolute Gasteiger partial charge is 0.480 e. The van der Waals surface area contributed by atoms with Gasteiger partial charge in [-0.1, -0.05) is 0 Å². The van der Waals surface area contributed by atoms with Crippen molar-refractivity contribution in [1.82, 2.24) is 16.0 Å². The average Bonchev–Trinajstić information content (AvgIpc) is 2.43. The van der Waals surface area contributed by atoms with Gasteiger partial charge in [-0.15, -0.1) is 0 Å². The molecule has 4 N–H and O–H groups in total. The highest BCUT2D eigenvalue weighted by Gasteiger charge is 2.19. The first kappa shape index (κ1) is 19.1. The molecule has 9 nitrogen and oxygen atoms in total. The number of carbonyl (C=O) groups excluding carboxylic acids is 2. The van der Waals surface area contributed by atoms with Crippen LogP contribution < -0.4 is 16.0 Å². The summed E-state index contributed by atoms with van der Waals surface area (Å²) in [5.74, 6) is -1.36. The fraction of sp³-hybridized carbons (Fsp3) is 0.750. The molecule has 9 heteroatoms. The summed E-state index contributed by atoms with van der Waals surface area (Å²) in [4.78, 5) is 33.7. The molecule has 0 aromatic rings. The number of urea groups is 1. The van der Waals surface area contributed by atoms with E-state index in [1.165, 1.54) is 14.2 Å². The summed E-state index contributed by atoms with van der Waals surface area (Å²) in [6.45, 7) is 1.15. The fourth-order valence-electron chi connectivity index (χ4n) is 1.37. The number of aliphatic carboxylic acids is 1. The van der Waals surface area contributed by atoms with Crippen molar-refractivity contribution in [2.45, 2.75) is 18.9 Å². The van der Waals surface area contributed by atoms with Crippen LogP contribution in [0.1, 0.15) is 12.8 Å². The molecule has 1 unspecified atom stereocenters. The molecule has 0 aliphatic heterocycles. The number of methoxy groups -OCH3 is 2. The first-order valence-corrected chi connectivity index (χ1v) is 6.53. The zero-order chi connectivity index (χ0) is 16.1. The summed E-state index contributed by atoms with van der Waals surface area (Å²) in [5, 5.41) is 16.2. The number of rotatable bonds is 11. The lowest BCUT2D eigenvalue weighted by Crippen LogP contribution is -2.47. The maximum absolute atomic E-state index is 11.5. The van der Waals surface area contributed by atoms with Crippen LogP contribution in [-0.4, -0.2) is 69.6 Å². The molecule has 0 aromatic heterocycles. The van der Waals surface area contributed by atoms with Gasteiger partial charge in [0.05, 0.1) is 6.61 Å². The van der Waals surface area contributed by atoms with Crippen LogP contribution in [0.5, 0.6) is 0 Å². The van der Waals surface area contributed by atoms with Crippen LogP contribution in [0.2, 0.25) is 0 Å². The highest BCUT2D eigenvalue weighted by molar-refractivity contribution is 5.83. The minimum Gasteiger partial charge on any atom is -0.480 e. The normalized spacial score (nSPS) is 11.5. The monoisotopic (exact) mass is 305 g/mol. The lowest BCUT2D eigenvalue weighted by molar-refractivity contribution is -0.139. The molecule has 0 saturated heterocycles. The van der Waals surface area contributed by atoms with Crippen LogP contribution in [0.3, 0.4) is 0 Å². The van der Waals surface area contributed by atoms with Gasteiger partial charge in [0.2, 0.25) is 5.91 Å². The second-order valence-electron chi connectivity index (χ2n) is 4.17. The van der Waals surface area contributed by atoms with E-state index in [0.717, 1.165) is 0 Å². The van der Waals surface area contributed by atoms with E-state index in [4.69, 9.17) is 14.6 Å². The van der Waals surface area contributed by atoms with Crippen LogP contribution in [0, 0.1) is 0 Å². The van der Waals surface area contributed by atoms with Crippen molar-refractivity contribution in [3.05, 3.63) is 0 Å². The summed E-state index contributed by atoms with van der Waals surface area (Å²) in [7, 11) is 2.97. The van der Waals surface area contributed by atoms with E-state index in [1.807, 2.05) is 0 Å². The molecular formula is C12H23N3O6. The topological polar surface area (TPSA) is 126 Å². The summed E-state index contributed by atoms with van der Waals surface area (Å²) in [6, 6.07) is -1.66. The smallest absolute Gasteiger partial charge is 0.326 e. The lowest BCUT2D eigenvalue weighted by Gasteiger charge is -2.14. The first-order valence-electron chi connectivity index (χ1n) is 6.53. The van der Waals surface area contributed by atoms with Crippen molar-refractivity contribution < 1.29 is 29.0 Å². The van der Waals surface area contributed by atoms with E-state index in [0.29, 0.717) is 13.2 Å². The molecule has 0 heterocycles. The number of amides is 3. The minimum absolute atomic E-state index is 0.104. The maximum Gasteiger partial charge on any atom is 0.326 e. The number of carbonyl (C=O) groups is 3. The third-order valence-corrected chi connectivity index (χ3v) is 2.48. The maximum atomic E-state index is 11.5. The van der Waals surface area contributed by atoms with Crippen LogP contribution in [-0.2, 0) is 19.1 Å². The van der Waals surface area contributed by atoms with E-state index in [2.05, 4.69) is 16.0 Å². The third-order valence-electron chi connectivity index (χ3n) is 2.48. The Morgan fingerprint density at radius 2 is 1.71 bits per heavy atom. The zero-order valence-corrected chi connectivity index (χ0v) is 12.3. The van der Waals surface area contributed by atoms with Gasteiger partial charge in [0.1, 0.15) is 6.04 Å². The van der Waals surface area contributed by atoms with E-state index in [1.54, 1.807) is 0 Å². The Hall–Kier alpha value is -1.87. The molecule has 0 radical (unpaired) electrons. The zero-order valence-electron chi connectivity index (χ0n) is 12.3. The van der Waals surface area contributed by atoms with Crippen molar-refractivity contribution in [2.24, 2.45) is 0 Å². The fourth-order valence-corrected chi connectivity index (χ4v) is 1.37. The Kier molecular flexibility index (Phi) is 10.9. The Bertz CT molecular complexity index is 337. The second-order valence-corrected chi connectivity index (χ2v) is 4.17. The van der Waals surface area contributed by atoms with Gasteiger partial charge >= 0.3 is 12.0 Å². The van der Waals surface area contributed by atoms with Crippen molar-refractivity contribution in [3.63, 3.8) is 0 Å². The third kappa shape index (κ3) is 10.6. The Labute approximate surface area is 123 Å². The van der Waals surface area contributed by atoms with E-state index in [9.17, 15) is 14.4 Å². The van der Waals surface area contributed by atoms with Crippen LogP contribution in [0.4, 0.5) is 4.79 Å².